The first-order chi connectivity index (χ1) is 11.6. The number of methoxy groups -OCH3 is 2. The Bertz CT molecular complexity index is 728. The SMILES string of the molecule is COc1ccc(/C=C/C(=O)NCCc2cccc(F)c2)c(OC)c1. The number of carbonyl (C=O) groups is 1. The zero-order chi connectivity index (χ0) is 17.4. The highest BCUT2D eigenvalue weighted by molar-refractivity contribution is 5.92. The molecular weight excluding hydrogens is 309 g/mol. The number of carbonyl (C=O) groups excluding carboxylic acids is 1. The van der Waals surface area contributed by atoms with E-state index in [-0.39, 0.29) is 11.7 Å². The molecule has 0 aromatic heterocycles. The van der Waals surface area contributed by atoms with Gasteiger partial charge < -0.3 is 14.8 Å². The first-order valence-corrected chi connectivity index (χ1v) is 7.55. The Hall–Kier alpha value is -2.82. The van der Waals surface area contributed by atoms with Crippen LogP contribution in [0.2, 0.25) is 0 Å². The molecule has 0 bridgehead atoms. The maximum Gasteiger partial charge on any atom is 0.244 e. The fourth-order valence-corrected chi connectivity index (χ4v) is 2.20. The van der Waals surface area contributed by atoms with Gasteiger partial charge in [0.05, 0.1) is 14.2 Å². The van der Waals surface area contributed by atoms with Gasteiger partial charge in [-0.25, -0.2) is 4.39 Å². The molecule has 126 valence electrons. The lowest BCUT2D eigenvalue weighted by Gasteiger charge is -2.07. The second-order valence-corrected chi connectivity index (χ2v) is 5.11. The van der Waals surface area contributed by atoms with Crippen molar-refractivity contribution in [1.29, 1.82) is 0 Å². The van der Waals surface area contributed by atoms with E-state index in [1.165, 1.54) is 18.2 Å². The van der Waals surface area contributed by atoms with Crippen molar-refractivity contribution in [2.24, 2.45) is 0 Å². The molecule has 0 aliphatic carbocycles. The molecule has 0 radical (unpaired) electrons. The molecular formula is C19H20FNO3. The van der Waals surface area contributed by atoms with E-state index >= 15 is 0 Å². The van der Waals surface area contributed by atoms with Gasteiger partial charge in [0.25, 0.3) is 0 Å². The number of rotatable bonds is 7. The number of amides is 1. The van der Waals surface area contributed by atoms with Crippen LogP contribution in [0, 0.1) is 5.82 Å². The van der Waals surface area contributed by atoms with Crippen LogP contribution in [0.3, 0.4) is 0 Å². The van der Waals surface area contributed by atoms with E-state index in [9.17, 15) is 9.18 Å². The molecule has 0 heterocycles. The highest BCUT2D eigenvalue weighted by Gasteiger charge is 2.03. The van der Waals surface area contributed by atoms with Crippen molar-refractivity contribution >= 4 is 12.0 Å². The van der Waals surface area contributed by atoms with Gasteiger partial charge in [0.2, 0.25) is 5.91 Å². The average Bonchev–Trinajstić information content (AvgIpc) is 2.60. The van der Waals surface area contributed by atoms with Crippen molar-refractivity contribution in [3.63, 3.8) is 0 Å². The molecule has 0 saturated carbocycles. The molecule has 1 amide bonds. The topological polar surface area (TPSA) is 47.6 Å². The third kappa shape index (κ3) is 5.12. The van der Waals surface area contributed by atoms with Crippen molar-refractivity contribution in [1.82, 2.24) is 5.32 Å². The number of halogens is 1. The predicted octanol–water partition coefficient (Wildman–Crippen LogP) is 3.22. The molecule has 2 rings (SSSR count). The van der Waals surface area contributed by atoms with Gasteiger partial charge in [-0.15, -0.1) is 0 Å². The highest BCUT2D eigenvalue weighted by atomic mass is 19.1. The van der Waals surface area contributed by atoms with Gasteiger partial charge in [0, 0.05) is 24.3 Å². The largest absolute Gasteiger partial charge is 0.497 e. The minimum absolute atomic E-state index is 0.218. The van der Waals surface area contributed by atoms with Crippen LogP contribution in [0.25, 0.3) is 6.08 Å². The lowest BCUT2D eigenvalue weighted by atomic mass is 10.1. The van der Waals surface area contributed by atoms with Gasteiger partial charge in [-0.05, 0) is 42.3 Å². The number of hydrogen-bond acceptors (Lipinski definition) is 3. The summed E-state index contributed by atoms with van der Waals surface area (Å²) in [6, 6.07) is 11.7. The Morgan fingerprint density at radius 3 is 2.71 bits per heavy atom. The summed E-state index contributed by atoms with van der Waals surface area (Å²) in [6.45, 7) is 0.437. The molecule has 24 heavy (non-hydrogen) atoms. The van der Waals surface area contributed by atoms with Gasteiger partial charge >= 0.3 is 0 Å². The Balaban J connectivity index is 1.89. The van der Waals surface area contributed by atoms with E-state index in [2.05, 4.69) is 5.32 Å². The fraction of sp³-hybridized carbons (Fsp3) is 0.211. The summed E-state index contributed by atoms with van der Waals surface area (Å²) < 4.78 is 23.5. The molecule has 0 saturated heterocycles. The molecule has 0 aliphatic rings. The predicted molar refractivity (Wildman–Crippen MR) is 91.7 cm³/mol. The molecule has 4 nitrogen and oxygen atoms in total. The summed E-state index contributed by atoms with van der Waals surface area (Å²) in [5, 5.41) is 2.77. The Kier molecular flexibility index (Phi) is 6.37. The van der Waals surface area contributed by atoms with Gasteiger partial charge in [-0.2, -0.15) is 0 Å². The second kappa shape index (κ2) is 8.72. The summed E-state index contributed by atoms with van der Waals surface area (Å²) in [7, 11) is 3.14. The van der Waals surface area contributed by atoms with Crippen LogP contribution in [-0.2, 0) is 11.2 Å². The van der Waals surface area contributed by atoms with E-state index in [0.29, 0.717) is 24.5 Å². The maximum absolute atomic E-state index is 13.1. The third-order valence-corrected chi connectivity index (χ3v) is 3.46. The van der Waals surface area contributed by atoms with Crippen molar-refractivity contribution in [2.75, 3.05) is 20.8 Å². The molecule has 1 N–H and O–H groups in total. The van der Waals surface area contributed by atoms with E-state index in [1.54, 1.807) is 38.5 Å². The lowest BCUT2D eigenvalue weighted by Crippen LogP contribution is -2.23. The molecule has 2 aromatic carbocycles. The Labute approximate surface area is 140 Å². The van der Waals surface area contributed by atoms with Gasteiger partial charge in [-0.1, -0.05) is 12.1 Å². The van der Waals surface area contributed by atoms with Crippen molar-refractivity contribution in [3.05, 3.63) is 65.5 Å². The summed E-state index contributed by atoms with van der Waals surface area (Å²) in [6.07, 6.45) is 3.69. The van der Waals surface area contributed by atoms with Crippen LogP contribution in [0.1, 0.15) is 11.1 Å². The molecule has 0 spiro atoms. The number of benzene rings is 2. The van der Waals surface area contributed by atoms with Gasteiger partial charge in [0.15, 0.2) is 0 Å². The number of nitrogens with one attached hydrogen (secondary N) is 1. The van der Waals surface area contributed by atoms with Crippen molar-refractivity contribution < 1.29 is 18.7 Å². The normalized spacial score (nSPS) is 10.6. The van der Waals surface area contributed by atoms with Crippen LogP contribution < -0.4 is 14.8 Å². The van der Waals surface area contributed by atoms with Crippen LogP contribution in [0.4, 0.5) is 4.39 Å². The zero-order valence-electron chi connectivity index (χ0n) is 13.7. The monoisotopic (exact) mass is 329 g/mol. The number of hydrogen-bond donors (Lipinski definition) is 1. The third-order valence-electron chi connectivity index (χ3n) is 3.46. The standard InChI is InChI=1S/C19H20FNO3/c1-23-17-8-6-15(18(13-17)24-2)7-9-19(22)21-11-10-14-4-3-5-16(20)12-14/h3-9,12-13H,10-11H2,1-2H3,(H,21,22)/b9-7+. The van der Waals surface area contributed by atoms with E-state index in [1.807, 2.05) is 12.1 Å². The van der Waals surface area contributed by atoms with Crippen LogP contribution in [-0.4, -0.2) is 26.7 Å². The molecule has 0 atom stereocenters. The zero-order valence-corrected chi connectivity index (χ0v) is 13.7. The average molecular weight is 329 g/mol. The van der Waals surface area contributed by atoms with Crippen LogP contribution >= 0.6 is 0 Å². The fourth-order valence-electron chi connectivity index (χ4n) is 2.20. The Morgan fingerprint density at radius 1 is 1.17 bits per heavy atom. The van der Waals surface area contributed by atoms with E-state index < -0.39 is 0 Å². The van der Waals surface area contributed by atoms with Crippen molar-refractivity contribution in [3.8, 4) is 11.5 Å². The quantitative estimate of drug-likeness (QED) is 0.794. The van der Waals surface area contributed by atoms with Gasteiger partial charge in [0.1, 0.15) is 17.3 Å². The smallest absolute Gasteiger partial charge is 0.244 e. The molecule has 0 aliphatic heterocycles. The maximum atomic E-state index is 13.1. The van der Waals surface area contributed by atoms with Gasteiger partial charge in [-0.3, -0.25) is 4.79 Å². The molecule has 2 aromatic rings. The minimum atomic E-state index is -0.273. The van der Waals surface area contributed by atoms with Crippen LogP contribution in [0.5, 0.6) is 11.5 Å². The molecule has 5 heteroatoms. The van der Waals surface area contributed by atoms with Crippen molar-refractivity contribution in [2.45, 2.75) is 6.42 Å². The number of ether oxygens (including phenoxy) is 2. The lowest BCUT2D eigenvalue weighted by molar-refractivity contribution is -0.116. The Morgan fingerprint density at radius 2 is 2.00 bits per heavy atom. The first-order valence-electron chi connectivity index (χ1n) is 7.55. The minimum Gasteiger partial charge on any atom is -0.497 e. The summed E-state index contributed by atoms with van der Waals surface area (Å²) in [5.74, 6) is 0.816. The first kappa shape index (κ1) is 17.5. The van der Waals surface area contributed by atoms with E-state index in [0.717, 1.165) is 11.1 Å². The van der Waals surface area contributed by atoms with E-state index in [4.69, 9.17) is 9.47 Å². The summed E-state index contributed by atoms with van der Waals surface area (Å²) in [5.41, 5.74) is 1.62. The second-order valence-electron chi connectivity index (χ2n) is 5.11. The summed E-state index contributed by atoms with van der Waals surface area (Å²) in [4.78, 5) is 11.9. The highest BCUT2D eigenvalue weighted by Crippen LogP contribution is 2.25. The summed E-state index contributed by atoms with van der Waals surface area (Å²) >= 11 is 0. The van der Waals surface area contributed by atoms with Crippen LogP contribution in [0.15, 0.2) is 48.5 Å². The molecule has 0 unspecified atom stereocenters. The molecule has 0 fully saturated rings.